The van der Waals surface area contributed by atoms with Gasteiger partial charge < -0.3 is 10.1 Å². The smallest absolute Gasteiger partial charge is 0.416 e. The number of anilines is 2. The number of nitrogens with one attached hydrogen (secondary N) is 1. The molecule has 0 spiro atoms. The van der Waals surface area contributed by atoms with Gasteiger partial charge in [0.05, 0.1) is 23.9 Å². The first-order valence-corrected chi connectivity index (χ1v) is 8.59. The summed E-state index contributed by atoms with van der Waals surface area (Å²) in [4.78, 5) is 8.09. The molecular formula is C19H12ClF6N3O. The summed E-state index contributed by atoms with van der Waals surface area (Å²) in [5.74, 6) is 0.140. The summed E-state index contributed by atoms with van der Waals surface area (Å²) in [6, 6.07) is 8.17. The van der Waals surface area contributed by atoms with Crippen LogP contribution in [-0.2, 0) is 12.4 Å². The summed E-state index contributed by atoms with van der Waals surface area (Å²) in [6.07, 6.45) is -9.07. The summed E-state index contributed by atoms with van der Waals surface area (Å²) in [5, 5.41) is 2.62. The van der Waals surface area contributed by atoms with Crippen LogP contribution >= 0.6 is 11.6 Å². The molecular weight excluding hydrogens is 436 g/mol. The van der Waals surface area contributed by atoms with Crippen LogP contribution in [0.15, 0.2) is 48.5 Å². The molecule has 0 amide bonds. The second kappa shape index (κ2) is 8.02. The van der Waals surface area contributed by atoms with Crippen LogP contribution in [0.5, 0.6) is 5.75 Å². The van der Waals surface area contributed by atoms with Gasteiger partial charge in [0.1, 0.15) is 16.7 Å². The number of rotatable bonds is 4. The van der Waals surface area contributed by atoms with Gasteiger partial charge in [-0.05, 0) is 30.3 Å². The van der Waals surface area contributed by atoms with E-state index in [1.807, 2.05) is 0 Å². The fourth-order valence-electron chi connectivity index (χ4n) is 2.54. The molecule has 0 aliphatic heterocycles. The number of alkyl halides is 6. The van der Waals surface area contributed by atoms with E-state index in [4.69, 9.17) is 16.3 Å². The van der Waals surface area contributed by atoms with Crippen molar-refractivity contribution in [3.8, 4) is 17.1 Å². The number of nitrogens with zero attached hydrogens (tertiary/aromatic N) is 2. The van der Waals surface area contributed by atoms with Gasteiger partial charge in [0, 0.05) is 11.6 Å². The predicted molar refractivity (Wildman–Crippen MR) is 98.8 cm³/mol. The van der Waals surface area contributed by atoms with E-state index in [9.17, 15) is 26.3 Å². The van der Waals surface area contributed by atoms with Gasteiger partial charge >= 0.3 is 12.4 Å². The Balaban J connectivity index is 1.97. The molecule has 158 valence electrons. The van der Waals surface area contributed by atoms with Crippen molar-refractivity contribution in [2.75, 3.05) is 12.4 Å². The lowest BCUT2D eigenvalue weighted by Crippen LogP contribution is -2.07. The first-order chi connectivity index (χ1) is 14.0. The molecule has 1 aromatic heterocycles. The number of methoxy groups -OCH3 is 1. The quantitative estimate of drug-likeness (QED) is 0.362. The van der Waals surface area contributed by atoms with E-state index in [0.29, 0.717) is 0 Å². The van der Waals surface area contributed by atoms with Gasteiger partial charge in [-0.2, -0.15) is 26.3 Å². The zero-order valence-corrected chi connectivity index (χ0v) is 15.8. The van der Waals surface area contributed by atoms with Crippen LogP contribution in [0.1, 0.15) is 11.1 Å². The molecule has 11 heteroatoms. The van der Waals surface area contributed by atoms with Crippen LogP contribution in [-0.4, -0.2) is 17.1 Å². The second-order valence-corrected chi connectivity index (χ2v) is 6.40. The van der Waals surface area contributed by atoms with Crippen molar-refractivity contribution in [2.45, 2.75) is 12.4 Å². The number of aromatic nitrogens is 2. The first-order valence-electron chi connectivity index (χ1n) is 8.22. The van der Waals surface area contributed by atoms with Gasteiger partial charge in [-0.15, -0.1) is 0 Å². The second-order valence-electron chi connectivity index (χ2n) is 6.01. The number of halogens is 7. The molecule has 3 aromatic rings. The predicted octanol–water partition coefficient (Wildman–Crippen LogP) is 6.59. The Kier molecular flexibility index (Phi) is 5.80. The van der Waals surface area contributed by atoms with E-state index in [2.05, 4.69) is 15.3 Å². The standard InChI is InChI=1S/C19H12ClF6N3O/c1-30-14-7-6-12(19(24,25)26)8-13(14)27-16-9-15(20)28-17(29-16)10-2-4-11(5-3-10)18(21,22)23/h2-9H,1H3,(H,27,28,29). The van der Waals surface area contributed by atoms with Crippen molar-refractivity contribution in [2.24, 2.45) is 0 Å². The van der Waals surface area contributed by atoms with Crippen molar-refractivity contribution < 1.29 is 31.1 Å². The molecule has 2 aromatic carbocycles. The van der Waals surface area contributed by atoms with Crippen molar-refractivity contribution in [1.82, 2.24) is 9.97 Å². The van der Waals surface area contributed by atoms with Crippen LogP contribution in [0.25, 0.3) is 11.4 Å². The Morgan fingerprint density at radius 3 is 2.00 bits per heavy atom. The maximum atomic E-state index is 13.0. The van der Waals surface area contributed by atoms with Crippen molar-refractivity contribution >= 4 is 23.1 Å². The highest BCUT2D eigenvalue weighted by molar-refractivity contribution is 6.29. The van der Waals surface area contributed by atoms with Gasteiger partial charge in [0.25, 0.3) is 0 Å². The minimum atomic E-state index is -4.57. The molecule has 1 heterocycles. The fraction of sp³-hybridized carbons (Fsp3) is 0.158. The average Bonchev–Trinajstić information content (AvgIpc) is 2.66. The minimum Gasteiger partial charge on any atom is -0.495 e. The van der Waals surface area contributed by atoms with Crippen molar-refractivity contribution in [3.05, 3.63) is 64.8 Å². The molecule has 0 saturated heterocycles. The van der Waals surface area contributed by atoms with E-state index in [1.165, 1.54) is 25.3 Å². The highest BCUT2D eigenvalue weighted by Crippen LogP contribution is 2.36. The normalized spacial score (nSPS) is 12.0. The van der Waals surface area contributed by atoms with Gasteiger partial charge in [-0.3, -0.25) is 0 Å². The Labute approximate surface area is 171 Å². The average molecular weight is 448 g/mol. The molecule has 0 radical (unpaired) electrons. The van der Waals surface area contributed by atoms with Crippen LogP contribution in [0, 0.1) is 0 Å². The molecule has 0 saturated carbocycles. The van der Waals surface area contributed by atoms with Crippen LogP contribution in [0.3, 0.4) is 0 Å². The molecule has 0 aliphatic carbocycles. The van der Waals surface area contributed by atoms with E-state index in [0.717, 1.165) is 30.3 Å². The van der Waals surface area contributed by atoms with Crippen LogP contribution < -0.4 is 10.1 Å². The number of hydrogen-bond donors (Lipinski definition) is 1. The molecule has 0 fully saturated rings. The summed E-state index contributed by atoms with van der Waals surface area (Å²) < 4.78 is 82.3. The number of ether oxygens (including phenoxy) is 1. The lowest BCUT2D eigenvalue weighted by molar-refractivity contribution is -0.138. The molecule has 4 nitrogen and oxygen atoms in total. The zero-order valence-electron chi connectivity index (χ0n) is 15.1. The Bertz CT molecular complexity index is 1050. The lowest BCUT2D eigenvalue weighted by atomic mass is 10.1. The third-order valence-corrected chi connectivity index (χ3v) is 4.15. The highest BCUT2D eigenvalue weighted by atomic mass is 35.5. The third kappa shape index (κ3) is 4.93. The topological polar surface area (TPSA) is 47.0 Å². The van der Waals surface area contributed by atoms with Crippen molar-refractivity contribution in [1.29, 1.82) is 0 Å². The molecule has 0 aliphatic rings. The highest BCUT2D eigenvalue weighted by Gasteiger charge is 2.31. The molecule has 0 bridgehead atoms. The maximum Gasteiger partial charge on any atom is 0.416 e. The molecule has 3 rings (SSSR count). The zero-order chi connectivity index (χ0) is 22.1. The van der Waals surface area contributed by atoms with Crippen LogP contribution in [0.2, 0.25) is 5.15 Å². The van der Waals surface area contributed by atoms with Gasteiger partial charge in [0.2, 0.25) is 0 Å². The Hall–Kier alpha value is -3.01. The fourth-order valence-corrected chi connectivity index (χ4v) is 2.72. The van der Waals surface area contributed by atoms with E-state index in [-0.39, 0.29) is 33.8 Å². The monoisotopic (exact) mass is 447 g/mol. The van der Waals surface area contributed by atoms with Gasteiger partial charge in [-0.25, -0.2) is 9.97 Å². The number of benzene rings is 2. The van der Waals surface area contributed by atoms with Crippen molar-refractivity contribution in [3.63, 3.8) is 0 Å². The number of hydrogen-bond acceptors (Lipinski definition) is 4. The minimum absolute atomic E-state index is 0.00957. The van der Waals surface area contributed by atoms with Gasteiger partial charge in [0.15, 0.2) is 5.82 Å². The lowest BCUT2D eigenvalue weighted by Gasteiger charge is -2.14. The molecule has 30 heavy (non-hydrogen) atoms. The van der Waals surface area contributed by atoms with Gasteiger partial charge in [-0.1, -0.05) is 23.7 Å². The Morgan fingerprint density at radius 1 is 0.833 bits per heavy atom. The maximum absolute atomic E-state index is 13.0. The largest absolute Gasteiger partial charge is 0.495 e. The van der Waals surface area contributed by atoms with E-state index in [1.54, 1.807) is 0 Å². The third-order valence-electron chi connectivity index (χ3n) is 3.95. The summed E-state index contributed by atoms with van der Waals surface area (Å²) in [7, 11) is 1.29. The Morgan fingerprint density at radius 2 is 1.43 bits per heavy atom. The summed E-state index contributed by atoms with van der Waals surface area (Å²) >= 11 is 5.97. The van der Waals surface area contributed by atoms with E-state index >= 15 is 0 Å². The molecule has 1 N–H and O–H groups in total. The summed E-state index contributed by atoms with van der Waals surface area (Å²) in [6.45, 7) is 0. The van der Waals surface area contributed by atoms with Crippen LogP contribution in [0.4, 0.5) is 37.8 Å². The molecule has 0 atom stereocenters. The molecule has 0 unspecified atom stereocenters. The summed E-state index contributed by atoms with van der Waals surface area (Å²) in [5.41, 5.74) is -1.54. The SMILES string of the molecule is COc1ccc(C(F)(F)F)cc1Nc1cc(Cl)nc(-c2ccc(C(F)(F)F)cc2)n1. The first kappa shape index (κ1) is 21.7. The van der Waals surface area contributed by atoms with E-state index < -0.39 is 23.5 Å².